The Hall–Kier alpha value is -2.52. The van der Waals surface area contributed by atoms with Crippen LogP contribution in [0.3, 0.4) is 0 Å². The Bertz CT molecular complexity index is 510. The maximum atomic E-state index is 10.6. The van der Waals surface area contributed by atoms with Crippen molar-refractivity contribution in [1.82, 2.24) is 5.32 Å². The predicted molar refractivity (Wildman–Crippen MR) is 80.5 cm³/mol. The van der Waals surface area contributed by atoms with E-state index in [1.807, 2.05) is 0 Å². The van der Waals surface area contributed by atoms with Gasteiger partial charge in [-0.2, -0.15) is 10.2 Å². The van der Waals surface area contributed by atoms with Gasteiger partial charge in [-0.25, -0.2) is 0 Å². The quantitative estimate of drug-likeness (QED) is 0.241. The Balaban J connectivity index is 5.36. The summed E-state index contributed by atoms with van der Waals surface area (Å²) in [6.45, 7) is 5.39. The normalized spacial score (nSPS) is 13.2. The second-order valence-corrected chi connectivity index (χ2v) is 5.54. The predicted octanol–water partition coefficient (Wildman–Crippen LogP) is 0.0891. The van der Waals surface area contributed by atoms with E-state index < -0.39 is 36.1 Å². The topological polar surface area (TPSA) is 174 Å². The summed E-state index contributed by atoms with van der Waals surface area (Å²) in [5.74, 6) is -2.40. The van der Waals surface area contributed by atoms with Crippen molar-refractivity contribution in [2.24, 2.45) is 21.0 Å². The van der Waals surface area contributed by atoms with Crippen molar-refractivity contribution in [3.05, 3.63) is 0 Å². The summed E-state index contributed by atoms with van der Waals surface area (Å²) in [6.07, 6.45) is 0. The van der Waals surface area contributed by atoms with Crippen molar-refractivity contribution in [1.29, 1.82) is 5.41 Å². The van der Waals surface area contributed by atoms with Gasteiger partial charge >= 0.3 is 11.9 Å². The van der Waals surface area contributed by atoms with Crippen LogP contribution in [0.5, 0.6) is 0 Å². The molecule has 124 valence electrons. The van der Waals surface area contributed by atoms with E-state index in [1.54, 1.807) is 27.7 Å². The van der Waals surface area contributed by atoms with Crippen molar-refractivity contribution in [3.63, 3.8) is 0 Å². The Morgan fingerprint density at radius 1 is 1.09 bits per heavy atom. The molecule has 0 aliphatic heterocycles. The first-order chi connectivity index (χ1) is 9.88. The molecule has 0 unspecified atom stereocenters. The molecule has 10 nitrogen and oxygen atoms in total. The molecule has 0 radical (unpaired) electrons. The summed E-state index contributed by atoms with van der Waals surface area (Å²) >= 11 is 0. The molecule has 0 saturated carbocycles. The molecule has 0 aromatic rings. The summed E-state index contributed by atoms with van der Waals surface area (Å²) in [5, 5.41) is 35.3. The largest absolute Gasteiger partial charge is 0.480 e. The van der Waals surface area contributed by atoms with Crippen molar-refractivity contribution < 1.29 is 19.8 Å². The average Bonchev–Trinajstić information content (AvgIpc) is 2.35. The first kappa shape index (κ1) is 19.5. The zero-order valence-electron chi connectivity index (χ0n) is 13.0. The number of amidine groups is 2. The Morgan fingerprint density at radius 2 is 1.59 bits per heavy atom. The van der Waals surface area contributed by atoms with Crippen LogP contribution in [0, 0.1) is 5.41 Å². The molecular formula is C12H22N6O4. The second kappa shape index (κ2) is 7.48. The van der Waals surface area contributed by atoms with Crippen LogP contribution in [-0.2, 0) is 9.59 Å². The van der Waals surface area contributed by atoms with Gasteiger partial charge < -0.3 is 21.3 Å². The molecule has 0 aliphatic carbocycles. The van der Waals surface area contributed by atoms with Crippen LogP contribution in [0.1, 0.15) is 27.7 Å². The maximum Gasteiger partial charge on any atom is 0.325 e. The number of aliphatic carboxylic acids is 2. The summed E-state index contributed by atoms with van der Waals surface area (Å²) in [6, 6.07) is 0. The zero-order chi connectivity index (χ0) is 17.6. The number of nitrogens with zero attached hydrogens (tertiary/aromatic N) is 3. The monoisotopic (exact) mass is 314 g/mol. The third-order valence-electron chi connectivity index (χ3n) is 2.57. The number of hydrogen-bond donors (Lipinski definition) is 5. The smallest absolute Gasteiger partial charge is 0.325 e. The summed E-state index contributed by atoms with van der Waals surface area (Å²) in [5.41, 5.74) is 3.28. The van der Waals surface area contributed by atoms with Gasteiger partial charge in [-0.3, -0.25) is 20.0 Å². The minimum Gasteiger partial charge on any atom is -0.480 e. The molecular weight excluding hydrogens is 292 g/mol. The highest BCUT2D eigenvalue weighted by molar-refractivity contribution is 5.94. The average molecular weight is 314 g/mol. The number of nitrogens with one attached hydrogen (secondary N) is 2. The highest BCUT2D eigenvalue weighted by atomic mass is 16.4. The van der Waals surface area contributed by atoms with Gasteiger partial charge in [-0.1, -0.05) is 0 Å². The van der Waals surface area contributed by atoms with Crippen molar-refractivity contribution in [2.75, 3.05) is 13.1 Å². The minimum atomic E-state index is -1.16. The number of nitrogens with two attached hydrogens (primary N) is 1. The summed E-state index contributed by atoms with van der Waals surface area (Å²) < 4.78 is 0. The fraction of sp³-hybridized carbons (Fsp3) is 0.667. The molecule has 0 saturated heterocycles. The van der Waals surface area contributed by atoms with Crippen LogP contribution < -0.4 is 11.1 Å². The lowest BCUT2D eigenvalue weighted by Crippen LogP contribution is -2.44. The minimum absolute atomic E-state index is 0.0698. The Morgan fingerprint density at radius 3 is 2.00 bits per heavy atom. The number of carbonyl (C=O) groups is 2. The van der Waals surface area contributed by atoms with Crippen LogP contribution in [-0.4, -0.2) is 58.0 Å². The number of hydrogen-bond acceptors (Lipinski definition) is 6. The molecule has 0 atom stereocenters. The van der Waals surface area contributed by atoms with Gasteiger partial charge in [0.05, 0.1) is 0 Å². The van der Waals surface area contributed by atoms with E-state index in [1.165, 1.54) is 0 Å². The molecule has 0 aromatic heterocycles. The van der Waals surface area contributed by atoms with Crippen LogP contribution in [0.4, 0.5) is 0 Å². The molecule has 0 amide bonds. The summed E-state index contributed by atoms with van der Waals surface area (Å²) in [4.78, 5) is 25.1. The van der Waals surface area contributed by atoms with Gasteiger partial charge in [0.25, 0.3) is 0 Å². The number of aliphatic imine (C=N–C) groups is 1. The van der Waals surface area contributed by atoms with Crippen molar-refractivity contribution in [2.45, 2.75) is 38.8 Å². The summed E-state index contributed by atoms with van der Waals surface area (Å²) in [7, 11) is 0. The molecule has 0 aliphatic rings. The van der Waals surface area contributed by atoms with Gasteiger partial charge in [-0.15, -0.1) is 0 Å². The molecule has 6 N–H and O–H groups in total. The molecule has 10 heteroatoms. The SMILES string of the molecule is CC(C)(N=NC(C)(C)C(=NCC(=O)O)NCC(=O)O)C(=N)N. The molecule has 22 heavy (non-hydrogen) atoms. The first-order valence-corrected chi connectivity index (χ1v) is 6.39. The van der Waals surface area contributed by atoms with Crippen LogP contribution in [0.25, 0.3) is 0 Å². The highest BCUT2D eigenvalue weighted by Gasteiger charge is 2.28. The van der Waals surface area contributed by atoms with Gasteiger partial charge in [0.1, 0.15) is 35.8 Å². The van der Waals surface area contributed by atoms with Gasteiger partial charge in [-0.05, 0) is 27.7 Å². The lowest BCUT2D eigenvalue weighted by molar-refractivity contribution is -0.136. The highest BCUT2D eigenvalue weighted by Crippen LogP contribution is 2.16. The maximum absolute atomic E-state index is 10.6. The van der Waals surface area contributed by atoms with Gasteiger partial charge in [0.15, 0.2) is 0 Å². The number of carboxylic acid groups (broad SMARTS) is 2. The molecule has 0 spiro atoms. The number of azo groups is 1. The number of carboxylic acids is 2. The lowest BCUT2D eigenvalue weighted by Gasteiger charge is -2.24. The van der Waals surface area contributed by atoms with Gasteiger partial charge in [0.2, 0.25) is 0 Å². The fourth-order valence-electron chi connectivity index (χ4n) is 1.12. The van der Waals surface area contributed by atoms with Crippen molar-refractivity contribution >= 4 is 23.6 Å². The van der Waals surface area contributed by atoms with E-state index in [9.17, 15) is 9.59 Å². The molecule has 0 aromatic carbocycles. The molecule has 0 heterocycles. The fourth-order valence-corrected chi connectivity index (χ4v) is 1.12. The Labute approximate surface area is 128 Å². The van der Waals surface area contributed by atoms with Crippen LogP contribution in [0.15, 0.2) is 15.2 Å². The first-order valence-electron chi connectivity index (χ1n) is 6.39. The van der Waals surface area contributed by atoms with Crippen LogP contribution >= 0.6 is 0 Å². The second-order valence-electron chi connectivity index (χ2n) is 5.54. The number of rotatable bonds is 8. The third-order valence-corrected chi connectivity index (χ3v) is 2.57. The zero-order valence-corrected chi connectivity index (χ0v) is 13.0. The van der Waals surface area contributed by atoms with E-state index >= 15 is 0 Å². The van der Waals surface area contributed by atoms with E-state index in [0.717, 1.165) is 0 Å². The third kappa shape index (κ3) is 6.77. The molecule has 0 fully saturated rings. The van der Waals surface area contributed by atoms with E-state index in [-0.39, 0.29) is 11.7 Å². The van der Waals surface area contributed by atoms with Crippen LogP contribution in [0.2, 0.25) is 0 Å². The standard InChI is InChI=1S/C12H22N6O4/c1-11(2,9(13)14)17-18-12(3,4)10(15-5-7(19)20)16-6-8(21)22/h5-6H2,1-4H3,(H3,13,14)(H,15,16)(H,19,20)(H,21,22). The molecule has 0 rings (SSSR count). The van der Waals surface area contributed by atoms with E-state index in [0.29, 0.717) is 0 Å². The lowest BCUT2D eigenvalue weighted by atomic mass is 10.0. The van der Waals surface area contributed by atoms with E-state index in [4.69, 9.17) is 21.4 Å². The molecule has 0 bridgehead atoms. The Kier molecular flexibility index (Phi) is 6.62. The van der Waals surface area contributed by atoms with E-state index in [2.05, 4.69) is 20.5 Å². The van der Waals surface area contributed by atoms with Crippen molar-refractivity contribution in [3.8, 4) is 0 Å². The van der Waals surface area contributed by atoms with Gasteiger partial charge in [0, 0.05) is 0 Å².